The number of benzene rings is 2. The standard InChI is InChI=1S/C14H10BrF3IN/c1-20-14(9-6-8(19)2-3-10(9)15)13-11(17)4-7(16)5-12(13)18/h2-6,14,20H,1H3. The number of hydrogen-bond acceptors (Lipinski definition) is 1. The fourth-order valence-electron chi connectivity index (χ4n) is 2.02. The molecule has 0 spiro atoms. The van der Waals surface area contributed by atoms with Gasteiger partial charge in [-0.25, -0.2) is 13.2 Å². The average Bonchev–Trinajstić information content (AvgIpc) is 2.37. The first-order valence-corrected chi connectivity index (χ1v) is 7.58. The van der Waals surface area contributed by atoms with E-state index in [0.29, 0.717) is 17.7 Å². The highest BCUT2D eigenvalue weighted by atomic mass is 127. The molecule has 0 amide bonds. The van der Waals surface area contributed by atoms with Crippen LogP contribution in [0.3, 0.4) is 0 Å². The van der Waals surface area contributed by atoms with E-state index in [9.17, 15) is 13.2 Å². The molecule has 0 saturated carbocycles. The van der Waals surface area contributed by atoms with Crippen LogP contribution in [0.1, 0.15) is 17.2 Å². The fourth-order valence-corrected chi connectivity index (χ4v) is 3.01. The van der Waals surface area contributed by atoms with Gasteiger partial charge in [0.15, 0.2) is 0 Å². The summed E-state index contributed by atoms with van der Waals surface area (Å²) in [6.07, 6.45) is 0. The summed E-state index contributed by atoms with van der Waals surface area (Å²) in [6.45, 7) is 0. The van der Waals surface area contributed by atoms with Gasteiger partial charge in [-0.05, 0) is 53.4 Å². The third kappa shape index (κ3) is 3.17. The lowest BCUT2D eigenvalue weighted by molar-refractivity contribution is 0.499. The second-order valence-electron chi connectivity index (χ2n) is 4.17. The third-order valence-corrected chi connectivity index (χ3v) is 4.28. The van der Waals surface area contributed by atoms with Crippen LogP contribution in [0.2, 0.25) is 0 Å². The minimum Gasteiger partial charge on any atom is -0.309 e. The lowest BCUT2D eigenvalue weighted by atomic mass is 9.97. The van der Waals surface area contributed by atoms with Crippen LogP contribution in [0, 0.1) is 21.0 Å². The number of hydrogen-bond donors (Lipinski definition) is 1. The zero-order chi connectivity index (χ0) is 14.9. The van der Waals surface area contributed by atoms with Gasteiger partial charge in [0.25, 0.3) is 0 Å². The molecule has 0 aliphatic rings. The second kappa shape index (κ2) is 6.44. The van der Waals surface area contributed by atoms with Crippen molar-refractivity contribution < 1.29 is 13.2 Å². The smallest absolute Gasteiger partial charge is 0.134 e. The van der Waals surface area contributed by atoms with Gasteiger partial charge >= 0.3 is 0 Å². The van der Waals surface area contributed by atoms with Gasteiger partial charge in [0, 0.05) is 25.7 Å². The lowest BCUT2D eigenvalue weighted by Crippen LogP contribution is -2.21. The Bertz CT molecular complexity index is 625. The Labute approximate surface area is 136 Å². The van der Waals surface area contributed by atoms with Gasteiger partial charge in [0.1, 0.15) is 17.5 Å². The molecule has 2 aromatic carbocycles. The second-order valence-corrected chi connectivity index (χ2v) is 6.27. The van der Waals surface area contributed by atoms with Crippen LogP contribution in [0.25, 0.3) is 0 Å². The molecule has 1 atom stereocenters. The topological polar surface area (TPSA) is 12.0 Å². The molecule has 106 valence electrons. The molecule has 0 radical (unpaired) electrons. The predicted molar refractivity (Wildman–Crippen MR) is 84.1 cm³/mol. The van der Waals surface area contributed by atoms with E-state index >= 15 is 0 Å². The van der Waals surface area contributed by atoms with Crippen molar-refractivity contribution in [1.29, 1.82) is 0 Å². The van der Waals surface area contributed by atoms with Crippen LogP contribution in [-0.4, -0.2) is 7.05 Å². The third-order valence-electron chi connectivity index (χ3n) is 2.89. The Hall–Kier alpha value is -0.600. The molecular weight excluding hydrogens is 446 g/mol. The SMILES string of the molecule is CNC(c1cc(I)ccc1Br)c1c(F)cc(F)cc1F. The van der Waals surface area contributed by atoms with Gasteiger partial charge in [0.2, 0.25) is 0 Å². The summed E-state index contributed by atoms with van der Waals surface area (Å²) in [6, 6.07) is 6.15. The van der Waals surface area contributed by atoms with Gasteiger partial charge in [-0.3, -0.25) is 0 Å². The maximum atomic E-state index is 13.9. The molecule has 20 heavy (non-hydrogen) atoms. The highest BCUT2D eigenvalue weighted by Crippen LogP contribution is 2.32. The summed E-state index contributed by atoms with van der Waals surface area (Å²) in [5.41, 5.74) is 0.486. The van der Waals surface area contributed by atoms with Crippen LogP contribution >= 0.6 is 38.5 Å². The van der Waals surface area contributed by atoms with Crippen LogP contribution in [0.4, 0.5) is 13.2 Å². The van der Waals surface area contributed by atoms with Crippen molar-refractivity contribution >= 4 is 38.5 Å². The Morgan fingerprint density at radius 2 is 1.70 bits per heavy atom. The monoisotopic (exact) mass is 455 g/mol. The molecule has 1 nitrogen and oxygen atoms in total. The first-order chi connectivity index (χ1) is 9.43. The first kappa shape index (κ1) is 15.8. The Morgan fingerprint density at radius 1 is 1.10 bits per heavy atom. The average molecular weight is 456 g/mol. The van der Waals surface area contributed by atoms with Crippen molar-refractivity contribution in [2.75, 3.05) is 7.05 Å². The molecule has 0 heterocycles. The van der Waals surface area contributed by atoms with Crippen LogP contribution in [0.5, 0.6) is 0 Å². The zero-order valence-corrected chi connectivity index (χ0v) is 14.1. The van der Waals surface area contributed by atoms with Gasteiger partial charge in [-0.1, -0.05) is 15.9 Å². The molecule has 0 aliphatic carbocycles. The Morgan fingerprint density at radius 3 is 2.25 bits per heavy atom. The molecule has 1 N–H and O–H groups in total. The van der Waals surface area contributed by atoms with E-state index in [4.69, 9.17) is 0 Å². The molecule has 0 aromatic heterocycles. The number of nitrogens with one attached hydrogen (secondary N) is 1. The molecule has 0 fully saturated rings. The molecular formula is C14H10BrF3IN. The van der Waals surface area contributed by atoms with Crippen molar-refractivity contribution in [2.45, 2.75) is 6.04 Å². The number of halogens is 5. The largest absolute Gasteiger partial charge is 0.309 e. The van der Waals surface area contributed by atoms with Crippen LogP contribution < -0.4 is 5.32 Å². The molecule has 2 rings (SSSR count). The van der Waals surface area contributed by atoms with Crippen molar-refractivity contribution in [2.24, 2.45) is 0 Å². The van der Waals surface area contributed by atoms with E-state index < -0.39 is 23.5 Å². The minimum absolute atomic E-state index is 0.198. The summed E-state index contributed by atoms with van der Waals surface area (Å²) in [7, 11) is 1.60. The normalized spacial score (nSPS) is 12.5. The van der Waals surface area contributed by atoms with Gasteiger partial charge < -0.3 is 5.32 Å². The summed E-state index contributed by atoms with van der Waals surface area (Å²) in [5.74, 6) is -2.75. The van der Waals surface area contributed by atoms with Gasteiger partial charge in [-0.2, -0.15) is 0 Å². The first-order valence-electron chi connectivity index (χ1n) is 5.70. The molecule has 0 saturated heterocycles. The molecule has 0 aliphatic heterocycles. The van der Waals surface area contributed by atoms with Crippen LogP contribution in [0.15, 0.2) is 34.8 Å². The van der Waals surface area contributed by atoms with E-state index in [-0.39, 0.29) is 5.56 Å². The van der Waals surface area contributed by atoms with Crippen molar-refractivity contribution in [3.05, 3.63) is 67.0 Å². The fraction of sp³-hybridized carbons (Fsp3) is 0.143. The van der Waals surface area contributed by atoms with Crippen molar-refractivity contribution in [3.8, 4) is 0 Å². The van der Waals surface area contributed by atoms with Gasteiger partial charge in [-0.15, -0.1) is 0 Å². The summed E-state index contributed by atoms with van der Waals surface area (Å²) in [4.78, 5) is 0. The van der Waals surface area contributed by atoms with Crippen molar-refractivity contribution in [1.82, 2.24) is 5.32 Å². The van der Waals surface area contributed by atoms with E-state index in [1.807, 2.05) is 12.1 Å². The van der Waals surface area contributed by atoms with E-state index in [1.165, 1.54) is 0 Å². The molecule has 2 aromatic rings. The van der Waals surface area contributed by atoms with Crippen molar-refractivity contribution in [3.63, 3.8) is 0 Å². The Kier molecular flexibility index (Phi) is 5.09. The highest BCUT2D eigenvalue weighted by molar-refractivity contribution is 14.1. The number of rotatable bonds is 3. The molecule has 1 unspecified atom stereocenters. The van der Waals surface area contributed by atoms with Gasteiger partial charge in [0.05, 0.1) is 6.04 Å². The maximum Gasteiger partial charge on any atom is 0.134 e. The minimum atomic E-state index is -0.930. The highest BCUT2D eigenvalue weighted by Gasteiger charge is 2.23. The summed E-state index contributed by atoms with van der Waals surface area (Å²) >= 11 is 5.49. The zero-order valence-electron chi connectivity index (χ0n) is 10.4. The van der Waals surface area contributed by atoms with E-state index in [2.05, 4.69) is 43.8 Å². The lowest BCUT2D eigenvalue weighted by Gasteiger charge is -2.20. The maximum absolute atomic E-state index is 13.9. The molecule has 0 bridgehead atoms. The van der Waals surface area contributed by atoms with E-state index in [1.54, 1.807) is 13.1 Å². The van der Waals surface area contributed by atoms with E-state index in [0.717, 1.165) is 8.04 Å². The Balaban J connectivity index is 2.61. The molecule has 6 heteroatoms. The predicted octanol–water partition coefficient (Wildman–Crippen LogP) is 4.78. The van der Waals surface area contributed by atoms with Crippen LogP contribution in [-0.2, 0) is 0 Å². The quantitative estimate of drug-likeness (QED) is 0.657. The summed E-state index contributed by atoms with van der Waals surface area (Å²) < 4.78 is 42.5. The summed E-state index contributed by atoms with van der Waals surface area (Å²) in [5, 5.41) is 2.87.